The van der Waals surface area contributed by atoms with Gasteiger partial charge in [-0.05, 0) is 12.8 Å². The average Bonchev–Trinajstić information content (AvgIpc) is 3.14. The molecule has 1 aromatic rings. The Morgan fingerprint density at radius 1 is 1.33 bits per heavy atom. The molecule has 7 heteroatoms. The summed E-state index contributed by atoms with van der Waals surface area (Å²) in [7, 11) is 1.67. The van der Waals surface area contributed by atoms with Crippen LogP contribution in [-0.2, 0) is 16.0 Å². The number of nitrogens with zero attached hydrogens (tertiary/aromatic N) is 3. The van der Waals surface area contributed by atoms with Crippen LogP contribution in [0.15, 0.2) is 5.16 Å². The third-order valence-corrected chi connectivity index (χ3v) is 3.63. The molecule has 0 amide bonds. The highest BCUT2D eigenvalue weighted by Gasteiger charge is 2.28. The normalized spacial score (nSPS) is 15.2. The Bertz CT molecular complexity index is 368. The first-order chi connectivity index (χ1) is 8.86. The highest BCUT2D eigenvalue weighted by atomic mass is 32.2. The standard InChI is InChI=1S/C11H20N4O2S/c1-16-4-5-17-6-7-18-11-14-13-10(8-12)15(11)9-2-3-9/h9H,2-8,12H2,1H3. The van der Waals surface area contributed by atoms with Crippen LogP contribution < -0.4 is 5.73 Å². The summed E-state index contributed by atoms with van der Waals surface area (Å²) in [5.41, 5.74) is 5.67. The summed E-state index contributed by atoms with van der Waals surface area (Å²) in [5, 5.41) is 9.29. The molecule has 1 fully saturated rings. The zero-order chi connectivity index (χ0) is 12.8. The summed E-state index contributed by atoms with van der Waals surface area (Å²) < 4.78 is 12.5. The molecule has 0 atom stereocenters. The maximum atomic E-state index is 5.67. The minimum atomic E-state index is 0.453. The Morgan fingerprint density at radius 3 is 2.83 bits per heavy atom. The van der Waals surface area contributed by atoms with Gasteiger partial charge in [0.2, 0.25) is 0 Å². The molecule has 1 saturated carbocycles. The summed E-state index contributed by atoms with van der Waals surface area (Å²) in [6, 6.07) is 0.565. The van der Waals surface area contributed by atoms with Crippen molar-refractivity contribution in [3.05, 3.63) is 5.82 Å². The molecule has 1 aliphatic carbocycles. The van der Waals surface area contributed by atoms with Crippen LogP contribution >= 0.6 is 11.8 Å². The van der Waals surface area contributed by atoms with Crippen LogP contribution in [0.4, 0.5) is 0 Å². The van der Waals surface area contributed by atoms with Gasteiger partial charge in [-0.3, -0.25) is 0 Å². The lowest BCUT2D eigenvalue weighted by molar-refractivity contribution is 0.0790. The fourth-order valence-electron chi connectivity index (χ4n) is 1.68. The Morgan fingerprint density at radius 2 is 2.17 bits per heavy atom. The van der Waals surface area contributed by atoms with Gasteiger partial charge < -0.3 is 19.8 Å². The van der Waals surface area contributed by atoms with Gasteiger partial charge in [-0.25, -0.2) is 0 Å². The van der Waals surface area contributed by atoms with Gasteiger partial charge in [0.1, 0.15) is 5.82 Å². The van der Waals surface area contributed by atoms with Gasteiger partial charge in [0.25, 0.3) is 0 Å². The van der Waals surface area contributed by atoms with Crippen LogP contribution in [0.5, 0.6) is 0 Å². The van der Waals surface area contributed by atoms with Gasteiger partial charge in [-0.1, -0.05) is 11.8 Å². The molecule has 0 radical (unpaired) electrons. The van der Waals surface area contributed by atoms with Crippen molar-refractivity contribution < 1.29 is 9.47 Å². The molecular weight excluding hydrogens is 252 g/mol. The van der Waals surface area contributed by atoms with Crippen molar-refractivity contribution in [1.82, 2.24) is 14.8 Å². The van der Waals surface area contributed by atoms with Crippen LogP contribution in [0.25, 0.3) is 0 Å². The van der Waals surface area contributed by atoms with E-state index < -0.39 is 0 Å². The quantitative estimate of drug-likeness (QED) is 0.530. The highest BCUT2D eigenvalue weighted by molar-refractivity contribution is 7.99. The Kier molecular flexibility index (Phi) is 5.43. The largest absolute Gasteiger partial charge is 0.382 e. The van der Waals surface area contributed by atoms with Crippen LogP contribution in [-0.4, -0.2) is 47.4 Å². The monoisotopic (exact) mass is 272 g/mol. The molecule has 0 bridgehead atoms. The molecule has 0 saturated heterocycles. The summed E-state index contributed by atoms with van der Waals surface area (Å²) in [4.78, 5) is 0. The number of aromatic nitrogens is 3. The first-order valence-electron chi connectivity index (χ1n) is 6.20. The summed E-state index contributed by atoms with van der Waals surface area (Å²) in [6.45, 7) is 2.43. The second-order valence-electron chi connectivity index (χ2n) is 4.16. The van der Waals surface area contributed by atoms with Crippen molar-refractivity contribution in [2.24, 2.45) is 5.73 Å². The first-order valence-corrected chi connectivity index (χ1v) is 7.18. The van der Waals surface area contributed by atoms with E-state index in [1.54, 1.807) is 18.9 Å². The van der Waals surface area contributed by atoms with Gasteiger partial charge in [0, 0.05) is 18.9 Å². The second kappa shape index (κ2) is 7.08. The highest BCUT2D eigenvalue weighted by Crippen LogP contribution is 2.38. The van der Waals surface area contributed by atoms with Gasteiger partial charge in [0.15, 0.2) is 5.16 Å². The first kappa shape index (κ1) is 13.8. The molecule has 102 valence electrons. The van der Waals surface area contributed by atoms with Crippen molar-refractivity contribution in [3.8, 4) is 0 Å². The Hall–Kier alpha value is -0.630. The van der Waals surface area contributed by atoms with Crippen molar-refractivity contribution in [2.75, 3.05) is 32.7 Å². The van der Waals surface area contributed by atoms with E-state index in [4.69, 9.17) is 15.2 Å². The number of ether oxygens (including phenoxy) is 2. The van der Waals surface area contributed by atoms with Crippen molar-refractivity contribution in [3.63, 3.8) is 0 Å². The molecule has 1 aromatic heterocycles. The molecule has 1 heterocycles. The van der Waals surface area contributed by atoms with Crippen LogP contribution in [0.1, 0.15) is 24.7 Å². The molecule has 0 aliphatic heterocycles. The van der Waals surface area contributed by atoms with E-state index >= 15 is 0 Å². The van der Waals surface area contributed by atoms with E-state index in [0.717, 1.165) is 16.7 Å². The van der Waals surface area contributed by atoms with Gasteiger partial charge in [-0.2, -0.15) is 0 Å². The summed E-state index contributed by atoms with van der Waals surface area (Å²) in [5.74, 6) is 1.76. The summed E-state index contributed by atoms with van der Waals surface area (Å²) in [6.07, 6.45) is 2.42. The lowest BCUT2D eigenvalue weighted by atomic mass is 10.5. The van der Waals surface area contributed by atoms with Crippen LogP contribution in [0, 0.1) is 0 Å². The SMILES string of the molecule is COCCOCCSc1nnc(CN)n1C1CC1. The van der Waals surface area contributed by atoms with Gasteiger partial charge in [0.05, 0.1) is 26.4 Å². The predicted molar refractivity (Wildman–Crippen MR) is 69.6 cm³/mol. The van der Waals surface area contributed by atoms with Crippen LogP contribution in [0.2, 0.25) is 0 Å². The molecular formula is C11H20N4O2S. The molecule has 2 rings (SSSR count). The smallest absolute Gasteiger partial charge is 0.191 e. The third kappa shape index (κ3) is 3.68. The zero-order valence-electron chi connectivity index (χ0n) is 10.7. The molecule has 6 nitrogen and oxygen atoms in total. The predicted octanol–water partition coefficient (Wildman–Crippen LogP) is 0.827. The molecule has 2 N–H and O–H groups in total. The average molecular weight is 272 g/mol. The van der Waals surface area contributed by atoms with E-state index in [9.17, 15) is 0 Å². The minimum absolute atomic E-state index is 0.453. The van der Waals surface area contributed by atoms with E-state index in [0.29, 0.717) is 32.4 Å². The number of hydrogen-bond donors (Lipinski definition) is 1. The van der Waals surface area contributed by atoms with E-state index in [1.165, 1.54) is 12.8 Å². The number of thioether (sulfide) groups is 1. The van der Waals surface area contributed by atoms with E-state index in [-0.39, 0.29) is 0 Å². The van der Waals surface area contributed by atoms with Crippen molar-refractivity contribution in [2.45, 2.75) is 30.6 Å². The van der Waals surface area contributed by atoms with E-state index in [2.05, 4.69) is 14.8 Å². The van der Waals surface area contributed by atoms with Gasteiger partial charge in [-0.15, -0.1) is 10.2 Å². The second-order valence-corrected chi connectivity index (χ2v) is 5.22. The molecule has 0 spiro atoms. The molecule has 0 unspecified atom stereocenters. The lowest BCUT2D eigenvalue weighted by Crippen LogP contribution is -2.09. The summed E-state index contributed by atoms with van der Waals surface area (Å²) >= 11 is 1.68. The van der Waals surface area contributed by atoms with Crippen molar-refractivity contribution >= 4 is 11.8 Å². The number of nitrogens with two attached hydrogens (primary N) is 1. The Labute approximate surface area is 111 Å². The van der Waals surface area contributed by atoms with Gasteiger partial charge >= 0.3 is 0 Å². The number of hydrogen-bond acceptors (Lipinski definition) is 6. The molecule has 0 aromatic carbocycles. The topological polar surface area (TPSA) is 75.2 Å². The minimum Gasteiger partial charge on any atom is -0.382 e. The number of methoxy groups -OCH3 is 1. The lowest BCUT2D eigenvalue weighted by Gasteiger charge is -2.07. The third-order valence-electron chi connectivity index (χ3n) is 2.72. The Balaban J connectivity index is 1.76. The fourth-order valence-corrected chi connectivity index (χ4v) is 2.56. The van der Waals surface area contributed by atoms with E-state index in [1.807, 2.05) is 0 Å². The zero-order valence-corrected chi connectivity index (χ0v) is 11.5. The molecule has 18 heavy (non-hydrogen) atoms. The number of rotatable bonds is 9. The maximum absolute atomic E-state index is 5.67. The van der Waals surface area contributed by atoms with Crippen molar-refractivity contribution in [1.29, 1.82) is 0 Å². The fraction of sp³-hybridized carbons (Fsp3) is 0.818. The maximum Gasteiger partial charge on any atom is 0.191 e. The molecule has 1 aliphatic rings. The van der Waals surface area contributed by atoms with Crippen LogP contribution in [0.3, 0.4) is 0 Å².